The van der Waals surface area contributed by atoms with Gasteiger partial charge in [0.25, 0.3) is 0 Å². The lowest BCUT2D eigenvalue weighted by molar-refractivity contribution is 0.192. The Morgan fingerprint density at radius 1 is 0.828 bits per heavy atom. The van der Waals surface area contributed by atoms with E-state index >= 15 is 0 Å². The molecule has 0 spiro atoms. The van der Waals surface area contributed by atoms with Gasteiger partial charge in [-0.1, -0.05) is 29.8 Å². The molecule has 0 radical (unpaired) electrons. The SMILES string of the molecule is Cc1ccc(N2CCN(CCc3ccc(N4CCN[C@H](C)C4)cc3)[C@H](C)C2)cc1. The predicted octanol–water partition coefficient (Wildman–Crippen LogP) is 3.55. The maximum atomic E-state index is 3.52. The molecular weight excluding hydrogens is 356 g/mol. The largest absolute Gasteiger partial charge is 0.369 e. The van der Waals surface area contributed by atoms with Crippen molar-refractivity contribution in [3.05, 3.63) is 59.7 Å². The molecule has 0 bridgehead atoms. The third-order valence-electron chi connectivity index (χ3n) is 6.52. The highest BCUT2D eigenvalue weighted by Gasteiger charge is 2.23. The monoisotopic (exact) mass is 392 g/mol. The summed E-state index contributed by atoms with van der Waals surface area (Å²) in [7, 11) is 0. The number of nitrogens with one attached hydrogen (secondary N) is 1. The highest BCUT2D eigenvalue weighted by Crippen LogP contribution is 2.21. The molecule has 156 valence electrons. The standard InChI is InChI=1S/C25H36N4/c1-20-4-8-24(9-5-20)29-17-16-27(22(3)19-29)14-12-23-6-10-25(11-7-23)28-15-13-26-21(2)18-28/h4-11,21-22,26H,12-19H2,1-3H3/t21-,22-/m1/s1. The Morgan fingerprint density at radius 2 is 1.48 bits per heavy atom. The van der Waals surface area contributed by atoms with Gasteiger partial charge in [0.2, 0.25) is 0 Å². The van der Waals surface area contributed by atoms with Crippen molar-refractivity contribution in [1.29, 1.82) is 0 Å². The summed E-state index contributed by atoms with van der Waals surface area (Å²) in [4.78, 5) is 7.68. The lowest BCUT2D eigenvalue weighted by atomic mass is 10.1. The molecular formula is C25H36N4. The van der Waals surface area contributed by atoms with Crippen LogP contribution in [0.2, 0.25) is 0 Å². The van der Waals surface area contributed by atoms with Gasteiger partial charge >= 0.3 is 0 Å². The number of hydrogen-bond donors (Lipinski definition) is 1. The second-order valence-electron chi connectivity index (χ2n) is 8.88. The molecule has 2 aromatic rings. The summed E-state index contributed by atoms with van der Waals surface area (Å²) < 4.78 is 0. The Morgan fingerprint density at radius 3 is 2.14 bits per heavy atom. The second kappa shape index (κ2) is 9.19. The number of benzene rings is 2. The number of anilines is 2. The molecule has 2 heterocycles. The molecule has 2 atom stereocenters. The third kappa shape index (κ3) is 5.12. The lowest BCUT2D eigenvalue weighted by Crippen LogP contribution is -2.52. The zero-order chi connectivity index (χ0) is 20.2. The quantitative estimate of drug-likeness (QED) is 0.840. The fourth-order valence-corrected chi connectivity index (χ4v) is 4.63. The summed E-state index contributed by atoms with van der Waals surface area (Å²) in [5, 5.41) is 3.52. The van der Waals surface area contributed by atoms with Crippen molar-refractivity contribution < 1.29 is 0 Å². The summed E-state index contributed by atoms with van der Waals surface area (Å²) in [6.07, 6.45) is 1.13. The highest BCUT2D eigenvalue weighted by atomic mass is 15.3. The van der Waals surface area contributed by atoms with Gasteiger partial charge in [-0.25, -0.2) is 0 Å². The van der Waals surface area contributed by atoms with Gasteiger partial charge in [-0.2, -0.15) is 0 Å². The highest BCUT2D eigenvalue weighted by molar-refractivity contribution is 5.49. The first-order chi connectivity index (χ1) is 14.1. The van der Waals surface area contributed by atoms with Crippen molar-refractivity contribution in [2.45, 2.75) is 39.3 Å². The minimum absolute atomic E-state index is 0.573. The fourth-order valence-electron chi connectivity index (χ4n) is 4.63. The number of rotatable bonds is 5. The van der Waals surface area contributed by atoms with E-state index in [1.165, 1.54) is 22.5 Å². The lowest BCUT2D eigenvalue weighted by Gasteiger charge is -2.41. The molecule has 2 aliphatic rings. The van der Waals surface area contributed by atoms with E-state index in [4.69, 9.17) is 0 Å². The molecule has 1 N–H and O–H groups in total. The van der Waals surface area contributed by atoms with Crippen molar-refractivity contribution in [1.82, 2.24) is 10.2 Å². The van der Waals surface area contributed by atoms with E-state index in [0.717, 1.165) is 52.2 Å². The molecule has 4 rings (SSSR count). The Hall–Kier alpha value is -2.04. The van der Waals surface area contributed by atoms with E-state index in [1.807, 2.05) is 0 Å². The normalized spacial score (nSPS) is 23.4. The van der Waals surface area contributed by atoms with Crippen LogP contribution in [0.3, 0.4) is 0 Å². The number of nitrogens with zero attached hydrogens (tertiary/aromatic N) is 3. The van der Waals surface area contributed by atoms with Crippen LogP contribution in [0.1, 0.15) is 25.0 Å². The molecule has 2 saturated heterocycles. The summed E-state index contributed by atoms with van der Waals surface area (Å²) in [6.45, 7) is 14.6. The third-order valence-corrected chi connectivity index (χ3v) is 6.52. The Balaban J connectivity index is 1.27. The summed E-state index contributed by atoms with van der Waals surface area (Å²) in [5.41, 5.74) is 5.50. The van der Waals surface area contributed by atoms with E-state index < -0.39 is 0 Å². The minimum Gasteiger partial charge on any atom is -0.369 e. The Kier molecular flexibility index (Phi) is 6.41. The van der Waals surface area contributed by atoms with Crippen LogP contribution in [0.4, 0.5) is 11.4 Å². The van der Waals surface area contributed by atoms with Crippen LogP contribution in [0, 0.1) is 6.92 Å². The van der Waals surface area contributed by atoms with Crippen LogP contribution in [-0.4, -0.2) is 62.8 Å². The van der Waals surface area contributed by atoms with E-state index in [1.54, 1.807) is 0 Å². The van der Waals surface area contributed by atoms with Crippen molar-refractivity contribution >= 4 is 11.4 Å². The maximum Gasteiger partial charge on any atom is 0.0367 e. The van der Waals surface area contributed by atoms with Crippen LogP contribution in [0.25, 0.3) is 0 Å². The van der Waals surface area contributed by atoms with Gasteiger partial charge in [0.1, 0.15) is 0 Å². The first kappa shape index (κ1) is 20.2. The van der Waals surface area contributed by atoms with Crippen LogP contribution >= 0.6 is 0 Å². The molecule has 2 aromatic carbocycles. The van der Waals surface area contributed by atoms with Gasteiger partial charge < -0.3 is 15.1 Å². The summed E-state index contributed by atoms with van der Waals surface area (Å²) >= 11 is 0. The predicted molar refractivity (Wildman–Crippen MR) is 124 cm³/mol. The molecule has 2 fully saturated rings. The van der Waals surface area contributed by atoms with Gasteiger partial charge in [-0.05, 0) is 57.0 Å². The molecule has 0 aliphatic carbocycles. The van der Waals surface area contributed by atoms with Gasteiger partial charge in [-0.3, -0.25) is 4.90 Å². The number of aryl methyl sites for hydroxylation is 1. The topological polar surface area (TPSA) is 21.8 Å². The molecule has 2 aliphatic heterocycles. The average molecular weight is 393 g/mol. The Bertz CT molecular complexity index is 770. The first-order valence-corrected chi connectivity index (χ1v) is 11.2. The second-order valence-corrected chi connectivity index (χ2v) is 8.88. The zero-order valence-electron chi connectivity index (χ0n) is 18.3. The molecule has 4 heteroatoms. The van der Waals surface area contributed by atoms with Crippen LogP contribution in [0.5, 0.6) is 0 Å². The van der Waals surface area contributed by atoms with Gasteiger partial charge in [0.15, 0.2) is 0 Å². The van der Waals surface area contributed by atoms with E-state index in [2.05, 4.69) is 89.3 Å². The minimum atomic E-state index is 0.573. The van der Waals surface area contributed by atoms with Crippen molar-refractivity contribution in [2.75, 3.05) is 55.6 Å². The molecule has 0 aromatic heterocycles. The zero-order valence-corrected chi connectivity index (χ0v) is 18.3. The molecule has 0 amide bonds. The molecule has 29 heavy (non-hydrogen) atoms. The van der Waals surface area contributed by atoms with Gasteiger partial charge in [-0.15, -0.1) is 0 Å². The van der Waals surface area contributed by atoms with Crippen molar-refractivity contribution in [3.63, 3.8) is 0 Å². The van der Waals surface area contributed by atoms with Gasteiger partial charge in [0, 0.05) is 69.3 Å². The van der Waals surface area contributed by atoms with Crippen LogP contribution in [-0.2, 0) is 6.42 Å². The average Bonchev–Trinajstić information content (AvgIpc) is 2.74. The van der Waals surface area contributed by atoms with E-state index in [-0.39, 0.29) is 0 Å². The summed E-state index contributed by atoms with van der Waals surface area (Å²) in [6, 6.07) is 19.4. The Labute approximate surface area is 176 Å². The van der Waals surface area contributed by atoms with Crippen LogP contribution in [0.15, 0.2) is 48.5 Å². The fraction of sp³-hybridized carbons (Fsp3) is 0.520. The number of hydrogen-bond acceptors (Lipinski definition) is 4. The van der Waals surface area contributed by atoms with E-state index in [0.29, 0.717) is 12.1 Å². The maximum absolute atomic E-state index is 3.52. The molecule has 4 nitrogen and oxygen atoms in total. The number of piperazine rings is 2. The molecule has 0 saturated carbocycles. The smallest absolute Gasteiger partial charge is 0.0367 e. The van der Waals surface area contributed by atoms with Crippen molar-refractivity contribution in [2.24, 2.45) is 0 Å². The van der Waals surface area contributed by atoms with E-state index in [9.17, 15) is 0 Å². The van der Waals surface area contributed by atoms with Crippen molar-refractivity contribution in [3.8, 4) is 0 Å². The van der Waals surface area contributed by atoms with Crippen LogP contribution < -0.4 is 15.1 Å². The molecule has 0 unspecified atom stereocenters. The summed E-state index contributed by atoms with van der Waals surface area (Å²) in [5.74, 6) is 0. The first-order valence-electron chi connectivity index (χ1n) is 11.2. The van der Waals surface area contributed by atoms with Gasteiger partial charge in [0.05, 0.1) is 0 Å².